The van der Waals surface area contributed by atoms with E-state index in [2.05, 4.69) is 20.5 Å². The first-order chi connectivity index (χ1) is 12.6. The Morgan fingerprint density at radius 3 is 1.58 bits per heavy atom. The van der Waals surface area contributed by atoms with Gasteiger partial charge in [0.15, 0.2) is 11.6 Å². The van der Waals surface area contributed by atoms with Gasteiger partial charge in [0, 0.05) is 6.07 Å². The molecule has 0 aliphatic carbocycles. The first-order valence-electron chi connectivity index (χ1n) is 7.70. The summed E-state index contributed by atoms with van der Waals surface area (Å²) in [4.78, 5) is 0. The summed E-state index contributed by atoms with van der Waals surface area (Å²) in [6.07, 6.45) is 0. The average Bonchev–Trinajstić information content (AvgIpc) is 2.68. The molecule has 0 aliphatic rings. The van der Waals surface area contributed by atoms with Crippen molar-refractivity contribution in [3.8, 4) is 11.5 Å². The quantitative estimate of drug-likeness (QED) is 0.542. The predicted molar refractivity (Wildman–Crippen MR) is 95.9 cm³/mol. The van der Waals surface area contributed by atoms with Crippen LogP contribution in [0.5, 0.6) is 11.5 Å². The zero-order chi connectivity index (χ0) is 18.4. The second-order valence-corrected chi connectivity index (χ2v) is 5.25. The largest absolute Gasteiger partial charge is 0.505 e. The standard InChI is InChI=1S/C19H15FN4O2/c1-26-17-9-6-15(7-10-17)22-21-13-2-4-14(5-3-13)23-24-16-8-11-19(25)18(20)12-16/h2-12,25H,1H3. The zero-order valence-corrected chi connectivity index (χ0v) is 13.9. The van der Waals surface area contributed by atoms with Crippen LogP contribution in [0.2, 0.25) is 0 Å². The van der Waals surface area contributed by atoms with Crippen molar-refractivity contribution in [2.45, 2.75) is 0 Å². The molecular weight excluding hydrogens is 335 g/mol. The summed E-state index contributed by atoms with van der Waals surface area (Å²) in [7, 11) is 1.60. The van der Waals surface area contributed by atoms with Crippen LogP contribution in [0.3, 0.4) is 0 Å². The van der Waals surface area contributed by atoms with Crippen molar-refractivity contribution in [2.24, 2.45) is 20.5 Å². The second kappa shape index (κ2) is 7.98. The molecule has 0 saturated carbocycles. The number of phenolic OH excluding ortho intramolecular Hbond substituents is 1. The van der Waals surface area contributed by atoms with Crippen molar-refractivity contribution in [2.75, 3.05) is 7.11 Å². The first-order valence-corrected chi connectivity index (χ1v) is 7.70. The fraction of sp³-hybridized carbons (Fsp3) is 0.0526. The van der Waals surface area contributed by atoms with Crippen molar-refractivity contribution in [3.63, 3.8) is 0 Å². The van der Waals surface area contributed by atoms with Gasteiger partial charge in [0.2, 0.25) is 0 Å². The Morgan fingerprint density at radius 1 is 0.692 bits per heavy atom. The van der Waals surface area contributed by atoms with Crippen LogP contribution in [-0.2, 0) is 0 Å². The molecule has 0 atom stereocenters. The lowest BCUT2D eigenvalue weighted by Gasteiger charge is -1.98. The third kappa shape index (κ3) is 4.47. The van der Waals surface area contributed by atoms with E-state index in [4.69, 9.17) is 9.84 Å². The van der Waals surface area contributed by atoms with Crippen molar-refractivity contribution < 1.29 is 14.2 Å². The SMILES string of the molecule is COc1ccc(N=Nc2ccc(N=Nc3ccc(O)c(F)c3)cc2)cc1. The lowest BCUT2D eigenvalue weighted by molar-refractivity contribution is 0.415. The Morgan fingerprint density at radius 2 is 1.12 bits per heavy atom. The number of ether oxygens (including phenoxy) is 1. The number of methoxy groups -OCH3 is 1. The summed E-state index contributed by atoms with van der Waals surface area (Å²) in [6, 6.07) is 18.0. The van der Waals surface area contributed by atoms with E-state index in [9.17, 15) is 4.39 Å². The molecule has 0 fully saturated rings. The lowest BCUT2D eigenvalue weighted by atomic mass is 10.3. The fourth-order valence-corrected chi connectivity index (χ4v) is 2.02. The number of halogens is 1. The molecule has 0 amide bonds. The molecule has 26 heavy (non-hydrogen) atoms. The number of phenols is 1. The molecule has 0 bridgehead atoms. The maximum Gasteiger partial charge on any atom is 0.167 e. The summed E-state index contributed by atoms with van der Waals surface area (Å²) in [6.45, 7) is 0. The van der Waals surface area contributed by atoms with E-state index in [-0.39, 0.29) is 0 Å². The van der Waals surface area contributed by atoms with Gasteiger partial charge in [0.05, 0.1) is 29.9 Å². The highest BCUT2D eigenvalue weighted by Crippen LogP contribution is 2.26. The maximum atomic E-state index is 13.2. The molecule has 0 unspecified atom stereocenters. The van der Waals surface area contributed by atoms with E-state index in [0.29, 0.717) is 22.7 Å². The summed E-state index contributed by atoms with van der Waals surface area (Å²) in [5.41, 5.74) is 2.27. The molecule has 3 aromatic rings. The maximum absolute atomic E-state index is 13.2. The molecule has 0 radical (unpaired) electrons. The molecule has 130 valence electrons. The zero-order valence-electron chi connectivity index (χ0n) is 13.9. The Bertz CT molecular complexity index is 939. The number of aromatic hydroxyl groups is 1. The summed E-state index contributed by atoms with van der Waals surface area (Å²) in [5, 5.41) is 25.4. The smallest absolute Gasteiger partial charge is 0.167 e. The van der Waals surface area contributed by atoms with Crippen LogP contribution < -0.4 is 4.74 Å². The van der Waals surface area contributed by atoms with E-state index >= 15 is 0 Å². The molecule has 0 aromatic heterocycles. The molecule has 7 heteroatoms. The van der Waals surface area contributed by atoms with Gasteiger partial charge in [-0.15, -0.1) is 0 Å². The summed E-state index contributed by atoms with van der Waals surface area (Å²) in [5.74, 6) is -0.404. The van der Waals surface area contributed by atoms with Crippen molar-refractivity contribution >= 4 is 22.7 Å². The monoisotopic (exact) mass is 350 g/mol. The van der Waals surface area contributed by atoms with Gasteiger partial charge in [-0.2, -0.15) is 20.5 Å². The molecule has 0 saturated heterocycles. The number of nitrogens with zero attached hydrogens (tertiary/aromatic N) is 4. The molecule has 3 rings (SSSR count). The van der Waals surface area contributed by atoms with Gasteiger partial charge in [-0.05, 0) is 60.7 Å². The fourth-order valence-electron chi connectivity index (χ4n) is 2.02. The number of rotatable bonds is 5. The average molecular weight is 350 g/mol. The van der Waals surface area contributed by atoms with Gasteiger partial charge in [0.25, 0.3) is 0 Å². The van der Waals surface area contributed by atoms with Crippen LogP contribution in [-0.4, -0.2) is 12.2 Å². The van der Waals surface area contributed by atoms with Crippen LogP contribution in [0.15, 0.2) is 87.2 Å². The van der Waals surface area contributed by atoms with Crippen LogP contribution in [0, 0.1) is 5.82 Å². The molecule has 0 heterocycles. The highest BCUT2D eigenvalue weighted by Gasteiger charge is 2.00. The van der Waals surface area contributed by atoms with E-state index in [1.165, 1.54) is 12.1 Å². The molecular formula is C19H15FN4O2. The third-order valence-electron chi connectivity index (χ3n) is 3.42. The number of benzene rings is 3. The van der Waals surface area contributed by atoms with Gasteiger partial charge in [-0.25, -0.2) is 4.39 Å². The highest BCUT2D eigenvalue weighted by molar-refractivity contribution is 5.49. The van der Waals surface area contributed by atoms with Crippen LogP contribution in [0.1, 0.15) is 0 Å². The Balaban J connectivity index is 1.66. The lowest BCUT2D eigenvalue weighted by Crippen LogP contribution is -1.79. The predicted octanol–water partition coefficient (Wildman–Crippen LogP) is 6.37. The van der Waals surface area contributed by atoms with Gasteiger partial charge < -0.3 is 9.84 Å². The van der Waals surface area contributed by atoms with Crippen molar-refractivity contribution in [1.29, 1.82) is 0 Å². The van der Waals surface area contributed by atoms with E-state index in [0.717, 1.165) is 11.8 Å². The summed E-state index contributed by atoms with van der Waals surface area (Å²) < 4.78 is 18.3. The third-order valence-corrected chi connectivity index (χ3v) is 3.42. The van der Waals surface area contributed by atoms with Gasteiger partial charge in [-0.1, -0.05) is 0 Å². The Labute approximate surface area is 149 Å². The molecule has 6 nitrogen and oxygen atoms in total. The molecule has 0 aliphatic heterocycles. The Hall–Kier alpha value is -3.61. The minimum Gasteiger partial charge on any atom is -0.505 e. The van der Waals surface area contributed by atoms with Crippen molar-refractivity contribution in [3.05, 3.63) is 72.5 Å². The Kier molecular flexibility index (Phi) is 5.28. The highest BCUT2D eigenvalue weighted by atomic mass is 19.1. The molecule has 1 N–H and O–H groups in total. The summed E-state index contributed by atoms with van der Waals surface area (Å²) >= 11 is 0. The minimum atomic E-state index is -0.740. The topological polar surface area (TPSA) is 78.9 Å². The van der Waals surface area contributed by atoms with Crippen LogP contribution in [0.25, 0.3) is 0 Å². The van der Waals surface area contributed by atoms with E-state index in [1.54, 1.807) is 31.4 Å². The van der Waals surface area contributed by atoms with Crippen LogP contribution >= 0.6 is 0 Å². The normalized spacial score (nSPS) is 11.3. The number of azo groups is 2. The van der Waals surface area contributed by atoms with Gasteiger partial charge in [-0.3, -0.25) is 0 Å². The number of hydrogen-bond acceptors (Lipinski definition) is 6. The molecule has 0 spiro atoms. The second-order valence-electron chi connectivity index (χ2n) is 5.25. The van der Waals surface area contributed by atoms with Crippen LogP contribution in [0.4, 0.5) is 27.1 Å². The van der Waals surface area contributed by atoms with Gasteiger partial charge >= 0.3 is 0 Å². The van der Waals surface area contributed by atoms with E-state index in [1.807, 2.05) is 24.3 Å². The van der Waals surface area contributed by atoms with Gasteiger partial charge in [0.1, 0.15) is 5.75 Å². The van der Waals surface area contributed by atoms with Crippen molar-refractivity contribution in [1.82, 2.24) is 0 Å². The number of hydrogen-bond donors (Lipinski definition) is 1. The van der Waals surface area contributed by atoms with E-state index < -0.39 is 11.6 Å². The molecule has 3 aromatic carbocycles. The first kappa shape index (κ1) is 17.2. The minimum absolute atomic E-state index is 0.309.